The van der Waals surface area contributed by atoms with Gasteiger partial charge in [-0.05, 0) is 24.0 Å². The average molecular weight is 467 g/mol. The topological polar surface area (TPSA) is 162 Å². The minimum absolute atomic E-state index is 0. The Morgan fingerprint density at radius 3 is 2.62 bits per heavy atom. The van der Waals surface area contributed by atoms with Crippen LogP contribution < -0.4 is 15.8 Å². The second-order valence-electron chi connectivity index (χ2n) is 7.85. The highest BCUT2D eigenvalue weighted by Gasteiger charge is 2.35. The van der Waals surface area contributed by atoms with Crippen molar-refractivity contribution in [1.29, 1.82) is 0 Å². The maximum atomic E-state index is 11.0. The molecule has 0 unspecified atom stereocenters. The molecule has 11 nitrogen and oxygen atoms in total. The third kappa shape index (κ3) is 5.70. The molecule has 0 spiro atoms. The molecule has 5 N–H and O–H groups in total. The number of hydrogen-bond donors (Lipinski definition) is 4. The van der Waals surface area contributed by atoms with E-state index in [9.17, 15) is 13.5 Å². The molecule has 1 heterocycles. The molecule has 1 fully saturated rings. The van der Waals surface area contributed by atoms with Crippen LogP contribution in [0.25, 0.3) is 0 Å². The van der Waals surface area contributed by atoms with E-state index >= 15 is 0 Å². The number of aromatic nitrogens is 3. The summed E-state index contributed by atoms with van der Waals surface area (Å²) in [5.41, 5.74) is 2.38. The molecule has 2 aromatic rings. The Kier molecular flexibility index (Phi) is 7.62. The summed E-state index contributed by atoms with van der Waals surface area (Å²) in [5.74, 6) is 0.421. The van der Waals surface area contributed by atoms with Crippen molar-refractivity contribution < 1.29 is 22.4 Å². The van der Waals surface area contributed by atoms with E-state index in [-0.39, 0.29) is 38.1 Å². The smallest absolute Gasteiger partial charge is 0.333 e. The van der Waals surface area contributed by atoms with E-state index in [2.05, 4.69) is 41.9 Å². The van der Waals surface area contributed by atoms with E-state index in [0.29, 0.717) is 24.7 Å². The summed E-state index contributed by atoms with van der Waals surface area (Å²) >= 11 is 0. The number of hydrogen-bond acceptors (Lipinski definition) is 10. The predicted molar refractivity (Wildman–Crippen MR) is 119 cm³/mol. The van der Waals surface area contributed by atoms with Gasteiger partial charge in [-0.15, -0.1) is 0 Å². The number of ether oxygens (including phenoxy) is 1. The Bertz CT molecular complexity index is 1020. The molecule has 0 saturated heterocycles. The van der Waals surface area contributed by atoms with Crippen LogP contribution in [0.4, 0.5) is 11.9 Å². The number of nitrogens with zero attached hydrogens (tertiary/aromatic N) is 3. The first-order chi connectivity index (χ1) is 14.8. The molecule has 0 bridgehead atoms. The lowest BCUT2D eigenvalue weighted by molar-refractivity contribution is 0.0958. The third-order valence-electron chi connectivity index (χ3n) is 5.78. The molecule has 12 heteroatoms. The molecule has 32 heavy (non-hydrogen) atoms. The van der Waals surface area contributed by atoms with Crippen molar-refractivity contribution in [2.75, 3.05) is 24.4 Å². The summed E-state index contributed by atoms with van der Waals surface area (Å²) in [6.07, 6.45) is 2.38. The molecule has 1 aromatic heterocycles. The predicted octanol–water partition coefficient (Wildman–Crippen LogP) is 1.00. The summed E-state index contributed by atoms with van der Waals surface area (Å²) in [5, 5.41) is 21.6. The highest BCUT2D eigenvalue weighted by molar-refractivity contribution is 7.84. The van der Waals surface area contributed by atoms with Gasteiger partial charge in [0.05, 0.1) is 24.9 Å². The van der Waals surface area contributed by atoms with Gasteiger partial charge in [-0.25, -0.2) is 15.1 Å². The average Bonchev–Trinajstić information content (AvgIpc) is 3.26. The fourth-order valence-corrected chi connectivity index (χ4v) is 4.65. The Labute approximate surface area is 188 Å². The Morgan fingerprint density at radius 1 is 1.19 bits per heavy atom. The van der Waals surface area contributed by atoms with E-state index in [1.54, 1.807) is 7.11 Å². The summed E-state index contributed by atoms with van der Waals surface area (Å²) in [6.45, 7) is -0.165. The zero-order valence-electron chi connectivity index (χ0n) is 17.0. The van der Waals surface area contributed by atoms with Crippen molar-refractivity contribution in [2.45, 2.75) is 51.0 Å². The molecule has 1 aromatic carbocycles. The molecule has 2 aliphatic rings. The molecule has 0 radical (unpaired) electrons. The fourth-order valence-electron chi connectivity index (χ4n) is 4.29. The molecule has 176 valence electrons. The van der Waals surface area contributed by atoms with Gasteiger partial charge in [0.15, 0.2) is 0 Å². The van der Waals surface area contributed by atoms with Gasteiger partial charge in [0.2, 0.25) is 11.9 Å². The number of rotatable bonds is 8. The number of aliphatic hydroxyl groups is 1. The van der Waals surface area contributed by atoms with Crippen LogP contribution in [0.3, 0.4) is 0 Å². The molecule has 2 aliphatic carbocycles. The quantitative estimate of drug-likeness (QED) is 0.441. The number of aliphatic hydroxyl groups excluding tert-OH is 1. The van der Waals surface area contributed by atoms with Crippen molar-refractivity contribution in [1.82, 2.24) is 15.0 Å². The van der Waals surface area contributed by atoms with Crippen LogP contribution in [0.1, 0.15) is 37.4 Å². The number of nitrogens with one attached hydrogen (secondary N) is 2. The van der Waals surface area contributed by atoms with Crippen molar-refractivity contribution in [3.05, 3.63) is 41.7 Å². The van der Waals surface area contributed by atoms with E-state index in [1.807, 2.05) is 12.1 Å². The summed E-state index contributed by atoms with van der Waals surface area (Å²) in [7, 11) is -2.35. The summed E-state index contributed by atoms with van der Waals surface area (Å²) in [4.78, 5) is 12.8. The number of benzene rings is 1. The van der Waals surface area contributed by atoms with Crippen LogP contribution in [-0.2, 0) is 25.6 Å². The third-order valence-corrected chi connectivity index (χ3v) is 6.24. The van der Waals surface area contributed by atoms with Crippen molar-refractivity contribution in [2.24, 2.45) is 11.1 Å². The van der Waals surface area contributed by atoms with Gasteiger partial charge in [0.25, 0.3) is 0 Å². The number of anilines is 2. The van der Waals surface area contributed by atoms with Crippen LogP contribution in [0, 0.1) is 5.92 Å². The largest absolute Gasteiger partial charge is 0.393 e. The molecular weight excluding hydrogens is 436 g/mol. The van der Waals surface area contributed by atoms with E-state index in [4.69, 9.17) is 9.88 Å². The van der Waals surface area contributed by atoms with Gasteiger partial charge >= 0.3 is 10.3 Å². The monoisotopic (exact) mass is 466 g/mol. The normalized spacial score (nSPS) is 26.9. The van der Waals surface area contributed by atoms with E-state index in [1.165, 1.54) is 11.9 Å². The molecule has 0 amide bonds. The SMILES string of the molecule is C.CO[C@H]1Cc2ccccc2[C@H]1Nc1ncnc(N[C@@H]2C[C@@H](COS(N)(=O)=O)[C@@H](O)C2)n1. The minimum Gasteiger partial charge on any atom is -0.393 e. The minimum atomic E-state index is -4.04. The van der Waals surface area contributed by atoms with Gasteiger partial charge in [0.1, 0.15) is 6.33 Å². The second-order valence-corrected chi connectivity index (χ2v) is 9.07. The van der Waals surface area contributed by atoms with Gasteiger partial charge in [0, 0.05) is 25.5 Å². The van der Waals surface area contributed by atoms with Crippen molar-refractivity contribution in [3.63, 3.8) is 0 Å². The fraction of sp³-hybridized carbons (Fsp3) is 0.550. The number of fused-ring (bicyclic) bond motifs is 1. The number of methoxy groups -OCH3 is 1. The molecule has 5 atom stereocenters. The first-order valence-electron chi connectivity index (χ1n) is 10.0. The van der Waals surface area contributed by atoms with Crippen LogP contribution in [0.2, 0.25) is 0 Å². The van der Waals surface area contributed by atoms with Crippen molar-refractivity contribution in [3.8, 4) is 0 Å². The standard InChI is InChI=1S/C19H26N6O5S.CH4/c1-29-16-7-11-4-2-3-5-14(11)17(16)24-19-22-10-21-18(25-19)23-13-6-12(15(26)8-13)9-30-31(20,27)28;/h2-5,10,12-13,15-17,26H,6-9H2,1H3,(H2,20,27,28)(H2,21,22,23,24,25);1H4/t12-,13+,15-,16-,17+;/m0./s1. The van der Waals surface area contributed by atoms with Crippen LogP contribution >= 0.6 is 0 Å². The zero-order valence-corrected chi connectivity index (χ0v) is 17.8. The first-order valence-corrected chi connectivity index (χ1v) is 11.5. The van der Waals surface area contributed by atoms with Gasteiger partial charge < -0.3 is 20.5 Å². The maximum absolute atomic E-state index is 11.0. The highest BCUT2D eigenvalue weighted by Crippen LogP contribution is 2.35. The summed E-state index contributed by atoms with van der Waals surface area (Å²) in [6, 6.07) is 7.94. The molecule has 0 aliphatic heterocycles. The van der Waals surface area contributed by atoms with Crippen LogP contribution in [0.5, 0.6) is 0 Å². The maximum Gasteiger partial charge on any atom is 0.333 e. The van der Waals surface area contributed by atoms with Gasteiger partial charge in [-0.3, -0.25) is 4.18 Å². The molecule has 4 rings (SSSR count). The van der Waals surface area contributed by atoms with Gasteiger partial charge in [-0.2, -0.15) is 13.4 Å². The lowest BCUT2D eigenvalue weighted by Gasteiger charge is -2.21. The van der Waals surface area contributed by atoms with Crippen molar-refractivity contribution >= 4 is 22.2 Å². The molecular formula is C20H30N6O5S. The Morgan fingerprint density at radius 2 is 1.91 bits per heavy atom. The second kappa shape index (κ2) is 10.0. The first kappa shape index (κ1) is 24.3. The van der Waals surface area contributed by atoms with Gasteiger partial charge in [-0.1, -0.05) is 31.7 Å². The summed E-state index contributed by atoms with van der Waals surface area (Å²) < 4.78 is 32.2. The zero-order chi connectivity index (χ0) is 22.0. The lowest BCUT2D eigenvalue weighted by atomic mass is 10.1. The lowest BCUT2D eigenvalue weighted by Crippen LogP contribution is -2.25. The van der Waals surface area contributed by atoms with E-state index in [0.717, 1.165) is 12.0 Å². The molecule has 1 saturated carbocycles. The number of nitrogens with two attached hydrogens (primary N) is 1. The Balaban J connectivity index is 0.00000289. The van der Waals surface area contributed by atoms with Crippen LogP contribution in [0.15, 0.2) is 30.6 Å². The Hall–Kier alpha value is -2.38. The van der Waals surface area contributed by atoms with Crippen LogP contribution in [-0.4, -0.2) is 60.4 Å². The highest BCUT2D eigenvalue weighted by atomic mass is 32.2. The van der Waals surface area contributed by atoms with E-state index < -0.39 is 16.4 Å².